The standard InChI is InChI=1S/C27H44O7/c1-15(14-28)5-6-23(32)26(4,33)22-8-10-27(34)17-11-19(29)18-12-20(30)21(31)13-24(18,2)16(17)7-9-25(22,27)3/h11,15-16,18,20-23,28,30-34H,5-10,12-14H2,1-4H3/t15-,16?,18?,20?,21?,22?,23?,24?,25?,26?,27?/m1/s1. The summed E-state index contributed by atoms with van der Waals surface area (Å²) in [4.78, 5) is 13.3. The lowest BCUT2D eigenvalue weighted by molar-refractivity contribution is -0.176. The van der Waals surface area contributed by atoms with Crippen LogP contribution in [0.3, 0.4) is 0 Å². The van der Waals surface area contributed by atoms with Gasteiger partial charge in [-0.25, -0.2) is 0 Å². The van der Waals surface area contributed by atoms with Crippen LogP contribution in [0.1, 0.15) is 79.1 Å². The zero-order valence-corrected chi connectivity index (χ0v) is 21.1. The molecule has 0 aliphatic heterocycles. The van der Waals surface area contributed by atoms with E-state index in [0.717, 1.165) is 12.0 Å². The summed E-state index contributed by atoms with van der Waals surface area (Å²) in [7, 11) is 0. The molecule has 0 aromatic rings. The van der Waals surface area contributed by atoms with Crippen LogP contribution in [0.2, 0.25) is 0 Å². The van der Waals surface area contributed by atoms with Crippen molar-refractivity contribution in [2.24, 2.45) is 34.5 Å². The van der Waals surface area contributed by atoms with Gasteiger partial charge in [0.05, 0.1) is 29.5 Å². The van der Waals surface area contributed by atoms with Gasteiger partial charge in [0, 0.05) is 17.9 Å². The normalized spacial score (nSPS) is 47.6. The summed E-state index contributed by atoms with van der Waals surface area (Å²) in [5, 5.41) is 64.7. The zero-order chi connectivity index (χ0) is 25.3. The Morgan fingerprint density at radius 2 is 1.79 bits per heavy atom. The molecule has 0 bridgehead atoms. The van der Waals surface area contributed by atoms with Crippen LogP contribution in [0.4, 0.5) is 0 Å². The van der Waals surface area contributed by atoms with E-state index in [2.05, 4.69) is 0 Å². The highest BCUT2D eigenvalue weighted by Gasteiger charge is 2.69. The zero-order valence-electron chi connectivity index (χ0n) is 21.1. The van der Waals surface area contributed by atoms with Crippen LogP contribution in [0.15, 0.2) is 11.6 Å². The average Bonchev–Trinajstić information content (AvgIpc) is 3.06. The molecular formula is C27H44O7. The molecule has 194 valence electrons. The first-order valence-corrected chi connectivity index (χ1v) is 13.1. The molecule has 4 rings (SSSR count). The van der Waals surface area contributed by atoms with Gasteiger partial charge in [-0.2, -0.15) is 0 Å². The highest BCUT2D eigenvalue weighted by molar-refractivity contribution is 5.95. The number of hydrogen-bond donors (Lipinski definition) is 6. The van der Waals surface area contributed by atoms with Crippen molar-refractivity contribution in [3.05, 3.63) is 11.6 Å². The van der Waals surface area contributed by atoms with E-state index >= 15 is 0 Å². The number of rotatable bonds is 6. The Labute approximate surface area is 202 Å². The molecule has 0 aromatic heterocycles. The summed E-state index contributed by atoms with van der Waals surface area (Å²) in [6.45, 7) is 7.59. The van der Waals surface area contributed by atoms with E-state index in [9.17, 15) is 35.4 Å². The van der Waals surface area contributed by atoms with Gasteiger partial charge in [0.1, 0.15) is 0 Å². The quantitative estimate of drug-likeness (QED) is 0.340. The van der Waals surface area contributed by atoms with Crippen molar-refractivity contribution in [3.63, 3.8) is 0 Å². The molecule has 11 atom stereocenters. The van der Waals surface area contributed by atoms with Gasteiger partial charge in [-0.1, -0.05) is 20.8 Å². The fourth-order valence-electron chi connectivity index (χ4n) is 8.37. The smallest absolute Gasteiger partial charge is 0.159 e. The van der Waals surface area contributed by atoms with Crippen LogP contribution in [0.5, 0.6) is 0 Å². The van der Waals surface area contributed by atoms with Crippen molar-refractivity contribution in [2.75, 3.05) is 6.61 Å². The minimum atomic E-state index is -1.42. The topological polar surface area (TPSA) is 138 Å². The van der Waals surface area contributed by atoms with Crippen LogP contribution >= 0.6 is 0 Å². The lowest BCUT2D eigenvalue weighted by Gasteiger charge is -2.60. The first-order valence-electron chi connectivity index (χ1n) is 13.1. The van der Waals surface area contributed by atoms with Crippen LogP contribution in [0, 0.1) is 34.5 Å². The van der Waals surface area contributed by atoms with Gasteiger partial charge in [-0.15, -0.1) is 0 Å². The maximum atomic E-state index is 13.3. The molecule has 0 spiro atoms. The lowest BCUT2D eigenvalue weighted by atomic mass is 9.45. The predicted octanol–water partition coefficient (Wildman–Crippen LogP) is 1.71. The number of carbonyl (C=O) groups excluding carboxylic acids is 1. The van der Waals surface area contributed by atoms with Crippen molar-refractivity contribution < 1.29 is 35.4 Å². The molecule has 0 saturated heterocycles. The Bertz CT molecular complexity index is 839. The number of hydrogen-bond acceptors (Lipinski definition) is 7. The molecule has 0 aromatic carbocycles. The van der Waals surface area contributed by atoms with Gasteiger partial charge in [0.25, 0.3) is 0 Å². The van der Waals surface area contributed by atoms with Crippen LogP contribution in [-0.4, -0.2) is 72.5 Å². The second-order valence-electron chi connectivity index (χ2n) is 12.7. The Kier molecular flexibility index (Phi) is 6.66. The largest absolute Gasteiger partial charge is 0.396 e. The van der Waals surface area contributed by atoms with Crippen LogP contribution in [-0.2, 0) is 4.79 Å². The number of aliphatic hydroxyl groups is 6. The molecule has 4 aliphatic rings. The molecule has 34 heavy (non-hydrogen) atoms. The maximum Gasteiger partial charge on any atom is 0.159 e. The molecule has 0 amide bonds. The molecule has 3 fully saturated rings. The first kappa shape index (κ1) is 26.2. The Balaban J connectivity index is 1.65. The van der Waals surface area contributed by atoms with E-state index in [1.807, 2.05) is 20.8 Å². The molecule has 10 unspecified atom stereocenters. The predicted molar refractivity (Wildman–Crippen MR) is 127 cm³/mol. The second kappa shape index (κ2) is 8.63. The molecule has 4 aliphatic carbocycles. The van der Waals surface area contributed by atoms with E-state index in [4.69, 9.17) is 0 Å². The number of carbonyl (C=O) groups is 1. The first-order chi connectivity index (χ1) is 15.7. The van der Waals surface area contributed by atoms with Gasteiger partial charge in [-0.3, -0.25) is 4.79 Å². The number of fused-ring (bicyclic) bond motifs is 5. The van der Waals surface area contributed by atoms with E-state index < -0.39 is 40.3 Å². The Morgan fingerprint density at radius 3 is 2.44 bits per heavy atom. The monoisotopic (exact) mass is 480 g/mol. The second-order valence-corrected chi connectivity index (χ2v) is 12.7. The fraction of sp³-hybridized carbons (Fsp3) is 0.889. The van der Waals surface area contributed by atoms with Crippen molar-refractivity contribution in [1.29, 1.82) is 0 Å². The van der Waals surface area contributed by atoms with E-state index in [1.54, 1.807) is 13.0 Å². The Morgan fingerprint density at radius 1 is 1.12 bits per heavy atom. The van der Waals surface area contributed by atoms with Crippen LogP contribution < -0.4 is 0 Å². The summed E-state index contributed by atoms with van der Waals surface area (Å²) in [6.07, 6.45) is 2.65. The van der Waals surface area contributed by atoms with Gasteiger partial charge < -0.3 is 30.6 Å². The summed E-state index contributed by atoms with van der Waals surface area (Å²) < 4.78 is 0. The summed E-state index contributed by atoms with van der Waals surface area (Å²) >= 11 is 0. The molecular weight excluding hydrogens is 436 g/mol. The van der Waals surface area contributed by atoms with Gasteiger partial charge in [0.15, 0.2) is 5.78 Å². The van der Waals surface area contributed by atoms with E-state index in [0.29, 0.717) is 38.5 Å². The molecule has 3 saturated carbocycles. The molecule has 0 radical (unpaired) electrons. The van der Waals surface area contributed by atoms with Crippen molar-refractivity contribution in [3.8, 4) is 0 Å². The van der Waals surface area contributed by atoms with Crippen molar-refractivity contribution in [1.82, 2.24) is 0 Å². The summed E-state index contributed by atoms with van der Waals surface area (Å²) in [5.74, 6) is -0.859. The summed E-state index contributed by atoms with van der Waals surface area (Å²) in [6, 6.07) is 0. The third-order valence-electron chi connectivity index (χ3n) is 10.7. The van der Waals surface area contributed by atoms with E-state index in [1.165, 1.54) is 0 Å². The third-order valence-corrected chi connectivity index (χ3v) is 10.7. The fourth-order valence-corrected chi connectivity index (χ4v) is 8.37. The SMILES string of the molecule is C[C@@H](CO)CCC(O)C(C)(O)C1CCC2(O)C3=CC(=O)C4CC(O)C(O)CC4(C)C3CCC12C. The highest BCUT2D eigenvalue weighted by atomic mass is 16.3. The number of aliphatic hydroxyl groups excluding tert-OH is 4. The van der Waals surface area contributed by atoms with Gasteiger partial charge >= 0.3 is 0 Å². The maximum absolute atomic E-state index is 13.3. The average molecular weight is 481 g/mol. The van der Waals surface area contributed by atoms with E-state index in [-0.39, 0.29) is 42.5 Å². The molecule has 6 N–H and O–H groups in total. The lowest BCUT2D eigenvalue weighted by Crippen LogP contribution is -2.62. The molecule has 7 nitrogen and oxygen atoms in total. The van der Waals surface area contributed by atoms with Crippen molar-refractivity contribution in [2.45, 2.75) is 109 Å². The summed E-state index contributed by atoms with van der Waals surface area (Å²) in [5.41, 5.74) is -3.21. The number of allylic oxidation sites excluding steroid dienone is 1. The van der Waals surface area contributed by atoms with Crippen LogP contribution in [0.25, 0.3) is 0 Å². The minimum Gasteiger partial charge on any atom is -0.396 e. The third kappa shape index (κ3) is 3.65. The number of ketones is 1. The van der Waals surface area contributed by atoms with Gasteiger partial charge in [0.2, 0.25) is 0 Å². The highest BCUT2D eigenvalue weighted by Crippen LogP contribution is 2.68. The van der Waals surface area contributed by atoms with Crippen molar-refractivity contribution >= 4 is 5.78 Å². The molecule has 0 heterocycles. The minimum absolute atomic E-state index is 0.0326. The molecule has 7 heteroatoms. The van der Waals surface area contributed by atoms with Gasteiger partial charge in [-0.05, 0) is 93.1 Å². The Hall–Kier alpha value is -0.830.